The Kier molecular flexibility index (Phi) is 7.06. The third kappa shape index (κ3) is 4.75. The van der Waals surface area contributed by atoms with Gasteiger partial charge in [-0.15, -0.1) is 0 Å². The highest BCUT2D eigenvalue weighted by Crippen LogP contribution is 2.30. The van der Waals surface area contributed by atoms with Crippen molar-refractivity contribution in [2.75, 3.05) is 51.8 Å². The summed E-state index contributed by atoms with van der Waals surface area (Å²) in [7, 11) is 4.02. The molecule has 6 rings (SSSR count). The van der Waals surface area contributed by atoms with Crippen LogP contribution in [0, 0.1) is 6.92 Å². The lowest BCUT2D eigenvalue weighted by atomic mass is 10.0. The SMILES string of the molecule is Cc1cc2[nH]c(=O)c3cnn(C4CCOCC4)c3c2cc1C(=O)N1CCN(Cc2cccnc2N(C)C)[C@@H](C)C1. The van der Waals surface area contributed by atoms with Gasteiger partial charge in [-0.25, -0.2) is 4.98 Å². The van der Waals surface area contributed by atoms with Crippen molar-refractivity contribution in [3.05, 3.63) is 63.7 Å². The molecule has 0 aliphatic carbocycles. The van der Waals surface area contributed by atoms with Crippen molar-refractivity contribution in [3.63, 3.8) is 0 Å². The molecule has 0 spiro atoms. The lowest BCUT2D eigenvalue weighted by molar-refractivity contribution is 0.0495. The average molecular weight is 544 g/mol. The van der Waals surface area contributed by atoms with E-state index in [0.717, 1.165) is 53.7 Å². The van der Waals surface area contributed by atoms with Crippen LogP contribution in [0.25, 0.3) is 21.8 Å². The second-order valence-corrected chi connectivity index (χ2v) is 11.3. The molecule has 0 saturated carbocycles. The number of nitrogens with one attached hydrogen (secondary N) is 1. The second kappa shape index (κ2) is 10.7. The molecule has 40 heavy (non-hydrogen) atoms. The molecule has 10 nitrogen and oxygen atoms in total. The number of rotatable bonds is 5. The second-order valence-electron chi connectivity index (χ2n) is 11.3. The fourth-order valence-electron chi connectivity index (χ4n) is 6.19. The highest BCUT2D eigenvalue weighted by molar-refractivity contribution is 6.07. The number of carbonyl (C=O) groups is 1. The summed E-state index contributed by atoms with van der Waals surface area (Å²) in [4.78, 5) is 40.8. The number of anilines is 1. The van der Waals surface area contributed by atoms with Gasteiger partial charge in [0.25, 0.3) is 11.5 Å². The number of hydrogen-bond acceptors (Lipinski definition) is 7. The van der Waals surface area contributed by atoms with Gasteiger partial charge in [0.2, 0.25) is 0 Å². The molecule has 1 N–H and O–H groups in total. The number of nitrogens with zero attached hydrogens (tertiary/aromatic N) is 6. The van der Waals surface area contributed by atoms with E-state index >= 15 is 0 Å². The topological polar surface area (TPSA) is 99.6 Å². The first-order valence-corrected chi connectivity index (χ1v) is 14.1. The first-order valence-electron chi connectivity index (χ1n) is 14.1. The summed E-state index contributed by atoms with van der Waals surface area (Å²) in [5.74, 6) is 1.00. The summed E-state index contributed by atoms with van der Waals surface area (Å²) in [6.45, 7) is 8.36. The number of benzene rings is 1. The van der Waals surface area contributed by atoms with Crippen molar-refractivity contribution in [2.45, 2.75) is 45.3 Å². The molecule has 2 saturated heterocycles. The van der Waals surface area contributed by atoms with Crippen LogP contribution in [0.4, 0.5) is 5.82 Å². The zero-order valence-corrected chi connectivity index (χ0v) is 23.7. The molecule has 2 aliphatic rings. The predicted molar refractivity (Wildman–Crippen MR) is 156 cm³/mol. The van der Waals surface area contributed by atoms with Gasteiger partial charge in [0, 0.05) is 82.2 Å². The molecule has 0 radical (unpaired) electrons. The van der Waals surface area contributed by atoms with Gasteiger partial charge in [-0.2, -0.15) is 5.10 Å². The molecule has 3 aromatic heterocycles. The number of ether oxygens (including phenoxy) is 1. The van der Waals surface area contributed by atoms with Crippen LogP contribution in [-0.2, 0) is 11.3 Å². The third-order valence-electron chi connectivity index (χ3n) is 8.39. The number of aryl methyl sites for hydroxylation is 1. The Balaban J connectivity index is 1.29. The molecule has 5 heterocycles. The minimum absolute atomic E-state index is 0.0257. The van der Waals surface area contributed by atoms with Gasteiger partial charge in [-0.1, -0.05) is 6.07 Å². The summed E-state index contributed by atoms with van der Waals surface area (Å²) in [6, 6.07) is 8.36. The highest BCUT2D eigenvalue weighted by atomic mass is 16.5. The Morgan fingerprint density at radius 1 is 1.18 bits per heavy atom. The van der Waals surface area contributed by atoms with E-state index in [2.05, 4.69) is 33.0 Å². The highest BCUT2D eigenvalue weighted by Gasteiger charge is 2.29. The quantitative estimate of drug-likeness (QED) is 0.412. The fraction of sp³-hybridized carbons (Fsp3) is 0.467. The Hall–Kier alpha value is -3.76. The number of aromatic nitrogens is 4. The van der Waals surface area contributed by atoms with Gasteiger partial charge in [0.05, 0.1) is 28.7 Å². The van der Waals surface area contributed by atoms with Gasteiger partial charge in [0.1, 0.15) is 5.82 Å². The Labute approximate surface area is 233 Å². The summed E-state index contributed by atoms with van der Waals surface area (Å²) in [6.07, 6.45) is 5.17. The van der Waals surface area contributed by atoms with Crippen LogP contribution >= 0.6 is 0 Å². The minimum Gasteiger partial charge on any atom is -0.381 e. The van der Waals surface area contributed by atoms with Gasteiger partial charge in [-0.3, -0.25) is 19.2 Å². The first-order chi connectivity index (χ1) is 19.3. The zero-order valence-electron chi connectivity index (χ0n) is 23.7. The summed E-state index contributed by atoms with van der Waals surface area (Å²) >= 11 is 0. The number of pyridine rings is 2. The number of H-pyrrole nitrogens is 1. The zero-order chi connectivity index (χ0) is 28.0. The third-order valence-corrected chi connectivity index (χ3v) is 8.39. The fourth-order valence-corrected chi connectivity index (χ4v) is 6.19. The lowest BCUT2D eigenvalue weighted by Crippen LogP contribution is -2.53. The van der Waals surface area contributed by atoms with Crippen LogP contribution in [0.1, 0.15) is 47.3 Å². The van der Waals surface area contributed by atoms with E-state index in [1.807, 2.05) is 59.9 Å². The van der Waals surface area contributed by atoms with Gasteiger partial charge < -0.3 is 19.5 Å². The largest absolute Gasteiger partial charge is 0.381 e. The maximum atomic E-state index is 13.9. The molecule has 4 aromatic rings. The summed E-state index contributed by atoms with van der Waals surface area (Å²) < 4.78 is 7.52. The van der Waals surface area contributed by atoms with Crippen molar-refractivity contribution in [2.24, 2.45) is 0 Å². The molecule has 1 atom stereocenters. The predicted octanol–water partition coefficient (Wildman–Crippen LogP) is 3.35. The van der Waals surface area contributed by atoms with Crippen LogP contribution < -0.4 is 10.5 Å². The number of aromatic amines is 1. The monoisotopic (exact) mass is 543 g/mol. The van der Waals surface area contributed by atoms with Crippen LogP contribution in [-0.4, -0.2) is 88.4 Å². The maximum absolute atomic E-state index is 13.9. The molecule has 2 fully saturated rings. The first kappa shape index (κ1) is 26.5. The Morgan fingerprint density at radius 2 is 1.98 bits per heavy atom. The van der Waals surface area contributed by atoms with E-state index in [9.17, 15) is 9.59 Å². The smallest absolute Gasteiger partial charge is 0.259 e. The van der Waals surface area contributed by atoms with Crippen LogP contribution in [0.3, 0.4) is 0 Å². The Bertz CT molecular complexity index is 1620. The molecule has 210 valence electrons. The number of piperazine rings is 1. The standard InChI is InChI=1S/C30H37N7O3/c1-19-14-26-24(27-25(29(38)33-26)16-32-37(27)22-7-12-40-13-8-22)15-23(19)30(39)36-11-10-35(20(2)17-36)18-21-6-5-9-31-28(21)34(3)4/h5-6,9,14-16,20,22H,7-8,10-13,17-18H2,1-4H3,(H,33,38)/t20-/m0/s1. The minimum atomic E-state index is -0.157. The molecule has 2 aliphatic heterocycles. The van der Waals surface area contributed by atoms with E-state index in [4.69, 9.17) is 4.74 Å². The molecular formula is C30H37N7O3. The molecule has 10 heteroatoms. The summed E-state index contributed by atoms with van der Waals surface area (Å²) in [5, 5.41) is 6.02. The van der Waals surface area contributed by atoms with Crippen molar-refractivity contribution in [1.29, 1.82) is 0 Å². The van der Waals surface area contributed by atoms with E-state index in [1.165, 1.54) is 5.56 Å². The van der Waals surface area contributed by atoms with Crippen molar-refractivity contribution in [1.82, 2.24) is 29.5 Å². The van der Waals surface area contributed by atoms with E-state index in [1.54, 1.807) is 6.20 Å². The van der Waals surface area contributed by atoms with E-state index < -0.39 is 0 Å². The number of amides is 1. The summed E-state index contributed by atoms with van der Waals surface area (Å²) in [5.41, 5.74) is 4.07. The van der Waals surface area contributed by atoms with Crippen molar-refractivity contribution >= 4 is 33.5 Å². The van der Waals surface area contributed by atoms with Crippen LogP contribution in [0.5, 0.6) is 0 Å². The average Bonchev–Trinajstić information content (AvgIpc) is 3.40. The number of carbonyl (C=O) groups excluding carboxylic acids is 1. The molecular weight excluding hydrogens is 506 g/mol. The van der Waals surface area contributed by atoms with Gasteiger partial charge in [0.15, 0.2) is 0 Å². The molecule has 1 amide bonds. The van der Waals surface area contributed by atoms with Crippen LogP contribution in [0.2, 0.25) is 0 Å². The Morgan fingerprint density at radius 3 is 2.73 bits per heavy atom. The number of hydrogen-bond donors (Lipinski definition) is 1. The number of fused-ring (bicyclic) bond motifs is 3. The van der Waals surface area contributed by atoms with Crippen molar-refractivity contribution in [3.8, 4) is 0 Å². The molecule has 0 bridgehead atoms. The molecule has 0 unspecified atom stereocenters. The van der Waals surface area contributed by atoms with E-state index in [0.29, 0.717) is 37.3 Å². The van der Waals surface area contributed by atoms with Gasteiger partial charge in [-0.05, 0) is 50.5 Å². The normalized spacial score (nSPS) is 19.0. The van der Waals surface area contributed by atoms with Gasteiger partial charge >= 0.3 is 0 Å². The van der Waals surface area contributed by atoms with Crippen LogP contribution in [0.15, 0.2) is 41.5 Å². The van der Waals surface area contributed by atoms with Crippen molar-refractivity contribution < 1.29 is 9.53 Å². The molecule has 1 aromatic carbocycles. The lowest BCUT2D eigenvalue weighted by Gasteiger charge is -2.40. The maximum Gasteiger partial charge on any atom is 0.259 e. The van der Waals surface area contributed by atoms with E-state index in [-0.39, 0.29) is 23.6 Å².